The summed E-state index contributed by atoms with van der Waals surface area (Å²) >= 11 is 0. The molecule has 0 radical (unpaired) electrons. The number of nitrogens with zero attached hydrogens (tertiary/aromatic N) is 2. The fourth-order valence-corrected chi connectivity index (χ4v) is 1.90. The Hall–Kier alpha value is -2.17. The van der Waals surface area contributed by atoms with Gasteiger partial charge in [0.05, 0.1) is 23.9 Å². The quantitative estimate of drug-likeness (QED) is 0.587. The van der Waals surface area contributed by atoms with E-state index in [0.717, 1.165) is 11.8 Å². The predicted molar refractivity (Wildman–Crippen MR) is 61.8 cm³/mol. The molecule has 0 aliphatic heterocycles. The molecule has 0 aliphatic rings. The maximum atomic E-state index is 11.6. The van der Waals surface area contributed by atoms with E-state index in [2.05, 4.69) is 5.10 Å². The molecule has 1 aromatic heterocycles. The molecule has 5 heteroatoms. The van der Waals surface area contributed by atoms with Gasteiger partial charge in [-0.05, 0) is 12.1 Å². The standard InChI is InChI=1S/C12H12N2O3/c1-14-10-5-3-4-8(12(16)17-2)11(10)9(13-14)6-7-15/h3-5,7H,6H2,1-2H3. The number of rotatable bonds is 3. The van der Waals surface area contributed by atoms with E-state index in [1.54, 1.807) is 23.9 Å². The van der Waals surface area contributed by atoms with Crippen molar-refractivity contribution < 1.29 is 14.3 Å². The van der Waals surface area contributed by atoms with Crippen LogP contribution in [0, 0.1) is 0 Å². The van der Waals surface area contributed by atoms with Gasteiger partial charge in [-0.2, -0.15) is 5.10 Å². The lowest BCUT2D eigenvalue weighted by Gasteiger charge is -2.02. The van der Waals surface area contributed by atoms with Crippen LogP contribution in [0.5, 0.6) is 0 Å². The van der Waals surface area contributed by atoms with E-state index < -0.39 is 5.97 Å². The third-order valence-electron chi connectivity index (χ3n) is 2.63. The van der Waals surface area contributed by atoms with E-state index >= 15 is 0 Å². The van der Waals surface area contributed by atoms with E-state index in [-0.39, 0.29) is 6.42 Å². The summed E-state index contributed by atoms with van der Waals surface area (Å²) in [7, 11) is 3.11. The fraction of sp³-hybridized carbons (Fsp3) is 0.250. The third kappa shape index (κ3) is 1.80. The van der Waals surface area contributed by atoms with Crippen molar-refractivity contribution >= 4 is 23.2 Å². The largest absolute Gasteiger partial charge is 0.465 e. The van der Waals surface area contributed by atoms with Crippen LogP contribution in [0.1, 0.15) is 16.1 Å². The zero-order valence-corrected chi connectivity index (χ0v) is 9.64. The highest BCUT2D eigenvalue weighted by Crippen LogP contribution is 2.23. The molecule has 0 atom stereocenters. The molecule has 0 saturated carbocycles. The number of carbonyl (C=O) groups is 2. The first-order valence-corrected chi connectivity index (χ1v) is 5.15. The SMILES string of the molecule is COC(=O)c1cccc2c1c(CC=O)nn2C. The second-order valence-corrected chi connectivity index (χ2v) is 3.63. The zero-order valence-electron chi connectivity index (χ0n) is 9.64. The summed E-state index contributed by atoms with van der Waals surface area (Å²) in [5, 5.41) is 4.92. The van der Waals surface area contributed by atoms with Crippen LogP contribution in [-0.4, -0.2) is 29.1 Å². The Morgan fingerprint density at radius 2 is 2.29 bits per heavy atom. The van der Waals surface area contributed by atoms with Crippen molar-refractivity contribution in [3.63, 3.8) is 0 Å². The number of benzene rings is 1. The lowest BCUT2D eigenvalue weighted by atomic mass is 10.1. The number of hydrogen-bond donors (Lipinski definition) is 0. The van der Waals surface area contributed by atoms with Crippen LogP contribution < -0.4 is 0 Å². The minimum absolute atomic E-state index is 0.186. The van der Waals surface area contributed by atoms with Gasteiger partial charge in [-0.25, -0.2) is 4.79 Å². The molecule has 1 aromatic carbocycles. The van der Waals surface area contributed by atoms with Gasteiger partial charge in [0.2, 0.25) is 0 Å². The van der Waals surface area contributed by atoms with Gasteiger partial charge in [0.25, 0.3) is 0 Å². The minimum Gasteiger partial charge on any atom is -0.465 e. The van der Waals surface area contributed by atoms with Crippen molar-refractivity contribution in [2.45, 2.75) is 6.42 Å². The van der Waals surface area contributed by atoms with Crippen molar-refractivity contribution in [1.29, 1.82) is 0 Å². The molecular weight excluding hydrogens is 220 g/mol. The van der Waals surface area contributed by atoms with Crippen LogP contribution in [0.25, 0.3) is 10.9 Å². The maximum absolute atomic E-state index is 11.6. The van der Waals surface area contributed by atoms with Gasteiger partial charge in [-0.1, -0.05) is 6.07 Å². The van der Waals surface area contributed by atoms with Gasteiger partial charge in [0.15, 0.2) is 0 Å². The molecule has 0 saturated heterocycles. The van der Waals surface area contributed by atoms with E-state index in [1.807, 2.05) is 6.07 Å². The van der Waals surface area contributed by atoms with Gasteiger partial charge in [0, 0.05) is 18.9 Å². The normalized spacial score (nSPS) is 10.5. The van der Waals surface area contributed by atoms with Gasteiger partial charge >= 0.3 is 5.97 Å². The molecule has 5 nitrogen and oxygen atoms in total. The molecule has 2 aromatic rings. The first-order chi connectivity index (χ1) is 8.19. The van der Waals surface area contributed by atoms with Crippen LogP contribution in [0.2, 0.25) is 0 Å². The zero-order chi connectivity index (χ0) is 12.4. The number of ether oxygens (including phenoxy) is 1. The minimum atomic E-state index is -0.421. The molecule has 0 N–H and O–H groups in total. The molecule has 0 spiro atoms. The fourth-order valence-electron chi connectivity index (χ4n) is 1.90. The average molecular weight is 232 g/mol. The first-order valence-electron chi connectivity index (χ1n) is 5.15. The summed E-state index contributed by atoms with van der Waals surface area (Å²) in [4.78, 5) is 22.3. The summed E-state index contributed by atoms with van der Waals surface area (Å²) in [6, 6.07) is 5.29. The van der Waals surface area contributed by atoms with Gasteiger partial charge in [-0.15, -0.1) is 0 Å². The monoisotopic (exact) mass is 232 g/mol. The Bertz CT molecular complexity index is 587. The summed E-state index contributed by atoms with van der Waals surface area (Å²) in [5.41, 5.74) is 1.85. The molecule has 0 aliphatic carbocycles. The molecule has 0 bridgehead atoms. The second kappa shape index (κ2) is 4.37. The number of carbonyl (C=O) groups excluding carboxylic acids is 2. The predicted octanol–water partition coefficient (Wildman–Crippen LogP) is 1.10. The number of aromatic nitrogens is 2. The molecule has 1 heterocycles. The highest BCUT2D eigenvalue weighted by molar-refractivity contribution is 6.05. The molecule has 17 heavy (non-hydrogen) atoms. The van der Waals surface area contributed by atoms with Crippen LogP contribution in [-0.2, 0) is 23.0 Å². The lowest BCUT2D eigenvalue weighted by molar-refractivity contribution is -0.107. The highest BCUT2D eigenvalue weighted by Gasteiger charge is 2.17. The first kappa shape index (κ1) is 11.3. The smallest absolute Gasteiger partial charge is 0.338 e. The van der Waals surface area contributed by atoms with Crippen LogP contribution in [0.3, 0.4) is 0 Å². The average Bonchev–Trinajstić information content (AvgIpc) is 2.66. The van der Waals surface area contributed by atoms with Gasteiger partial charge < -0.3 is 9.53 Å². The Labute approximate surface area is 98.0 Å². The summed E-state index contributed by atoms with van der Waals surface area (Å²) < 4.78 is 6.38. The van der Waals surface area contributed by atoms with Crippen molar-refractivity contribution in [2.75, 3.05) is 7.11 Å². The second-order valence-electron chi connectivity index (χ2n) is 3.63. The molecule has 0 fully saturated rings. The lowest BCUT2D eigenvalue weighted by Crippen LogP contribution is -2.02. The number of aryl methyl sites for hydroxylation is 1. The molecular formula is C12H12N2O3. The Morgan fingerprint density at radius 1 is 1.53 bits per heavy atom. The van der Waals surface area contributed by atoms with E-state index in [9.17, 15) is 9.59 Å². The van der Waals surface area contributed by atoms with Crippen molar-refractivity contribution in [3.05, 3.63) is 29.5 Å². The van der Waals surface area contributed by atoms with E-state index in [0.29, 0.717) is 16.6 Å². The molecule has 88 valence electrons. The van der Waals surface area contributed by atoms with E-state index in [1.165, 1.54) is 7.11 Å². The summed E-state index contributed by atoms with van der Waals surface area (Å²) in [6.07, 6.45) is 0.960. The topological polar surface area (TPSA) is 61.2 Å². The van der Waals surface area contributed by atoms with Crippen molar-refractivity contribution in [2.24, 2.45) is 7.05 Å². The Kier molecular flexibility index (Phi) is 2.91. The molecule has 2 rings (SSSR count). The van der Waals surface area contributed by atoms with Crippen LogP contribution >= 0.6 is 0 Å². The van der Waals surface area contributed by atoms with Gasteiger partial charge in [0.1, 0.15) is 6.29 Å². The van der Waals surface area contributed by atoms with Crippen molar-refractivity contribution in [3.8, 4) is 0 Å². The number of fused-ring (bicyclic) bond motifs is 1. The number of hydrogen-bond acceptors (Lipinski definition) is 4. The van der Waals surface area contributed by atoms with Crippen LogP contribution in [0.15, 0.2) is 18.2 Å². The summed E-state index contributed by atoms with van der Waals surface area (Å²) in [6.45, 7) is 0. The number of aldehydes is 1. The third-order valence-corrected chi connectivity index (χ3v) is 2.63. The molecule has 0 amide bonds. The summed E-state index contributed by atoms with van der Waals surface area (Å²) in [5.74, 6) is -0.421. The number of esters is 1. The van der Waals surface area contributed by atoms with E-state index in [4.69, 9.17) is 4.74 Å². The molecule has 0 unspecified atom stereocenters. The Morgan fingerprint density at radius 3 is 2.94 bits per heavy atom. The van der Waals surface area contributed by atoms with Crippen LogP contribution in [0.4, 0.5) is 0 Å². The van der Waals surface area contributed by atoms with Crippen molar-refractivity contribution in [1.82, 2.24) is 9.78 Å². The number of methoxy groups -OCH3 is 1. The Balaban J connectivity index is 2.75. The highest BCUT2D eigenvalue weighted by atomic mass is 16.5. The van der Waals surface area contributed by atoms with Gasteiger partial charge in [-0.3, -0.25) is 4.68 Å². The maximum Gasteiger partial charge on any atom is 0.338 e.